The predicted octanol–water partition coefficient (Wildman–Crippen LogP) is 1.70. The van der Waals surface area contributed by atoms with Crippen LogP contribution in [0.15, 0.2) is 28.7 Å². The van der Waals surface area contributed by atoms with Crippen LogP contribution in [0.25, 0.3) is 0 Å². The van der Waals surface area contributed by atoms with Gasteiger partial charge in [0, 0.05) is 17.1 Å². The molecule has 6 heteroatoms. The highest BCUT2D eigenvalue weighted by molar-refractivity contribution is 9.10. The molecule has 4 nitrogen and oxygen atoms in total. The lowest BCUT2D eigenvalue weighted by molar-refractivity contribution is 0.261. The number of likely N-dealkylation sites (tertiary alicyclic amines) is 1. The Morgan fingerprint density at radius 1 is 1.44 bits per heavy atom. The Labute approximate surface area is 116 Å². The first-order valence-corrected chi connectivity index (χ1v) is 8.44. The molecule has 1 aromatic rings. The minimum Gasteiger partial charge on any atom is -0.295 e. The Balaban J connectivity index is 2.04. The van der Waals surface area contributed by atoms with Crippen molar-refractivity contribution in [3.05, 3.63) is 34.3 Å². The molecule has 18 heavy (non-hydrogen) atoms. The number of benzene rings is 1. The number of sulfonamides is 1. The van der Waals surface area contributed by atoms with Crippen LogP contribution in [0.2, 0.25) is 0 Å². The van der Waals surface area contributed by atoms with E-state index in [-0.39, 0.29) is 11.8 Å². The van der Waals surface area contributed by atoms with Crippen molar-refractivity contribution in [2.75, 3.05) is 12.3 Å². The van der Waals surface area contributed by atoms with Crippen molar-refractivity contribution in [3.63, 3.8) is 0 Å². The van der Waals surface area contributed by atoms with Crippen LogP contribution in [-0.4, -0.2) is 31.7 Å². The summed E-state index contributed by atoms with van der Waals surface area (Å²) in [6.45, 7) is 1.71. The van der Waals surface area contributed by atoms with Crippen molar-refractivity contribution in [2.24, 2.45) is 5.14 Å². The summed E-state index contributed by atoms with van der Waals surface area (Å²) in [5, 5.41) is 5.13. The van der Waals surface area contributed by atoms with Gasteiger partial charge < -0.3 is 0 Å². The van der Waals surface area contributed by atoms with Crippen LogP contribution < -0.4 is 5.14 Å². The quantitative estimate of drug-likeness (QED) is 0.912. The number of rotatable bonds is 4. The van der Waals surface area contributed by atoms with E-state index in [1.807, 2.05) is 12.1 Å². The minimum atomic E-state index is -3.39. The highest BCUT2D eigenvalue weighted by Crippen LogP contribution is 2.22. The van der Waals surface area contributed by atoms with Crippen molar-refractivity contribution < 1.29 is 8.42 Å². The smallest absolute Gasteiger partial charge is 0.210 e. The maximum Gasteiger partial charge on any atom is 0.210 e. The SMILES string of the molecule is NS(=O)(=O)C[C@@H]1CCCN1Cc1cccc(Br)c1. The Kier molecular flexibility index (Phi) is 4.42. The van der Waals surface area contributed by atoms with Gasteiger partial charge in [-0.3, -0.25) is 4.90 Å². The molecule has 1 aromatic carbocycles. The third-order valence-electron chi connectivity index (χ3n) is 3.20. The Morgan fingerprint density at radius 2 is 2.22 bits per heavy atom. The van der Waals surface area contributed by atoms with Crippen molar-refractivity contribution in [1.29, 1.82) is 0 Å². The van der Waals surface area contributed by atoms with Gasteiger partial charge in [-0.2, -0.15) is 0 Å². The summed E-state index contributed by atoms with van der Waals surface area (Å²) in [4.78, 5) is 2.20. The van der Waals surface area contributed by atoms with Crippen LogP contribution in [0.3, 0.4) is 0 Å². The zero-order valence-corrected chi connectivity index (χ0v) is 12.5. The summed E-state index contributed by atoms with van der Waals surface area (Å²) < 4.78 is 23.4. The molecule has 1 fully saturated rings. The molecule has 0 bridgehead atoms. The maximum atomic E-state index is 11.2. The lowest BCUT2D eigenvalue weighted by Gasteiger charge is -2.23. The fourth-order valence-corrected chi connectivity index (χ4v) is 3.79. The molecule has 0 amide bonds. The number of hydrogen-bond donors (Lipinski definition) is 1. The van der Waals surface area contributed by atoms with Gasteiger partial charge in [0.25, 0.3) is 0 Å². The molecule has 0 spiro atoms. The number of nitrogens with zero attached hydrogens (tertiary/aromatic N) is 1. The van der Waals surface area contributed by atoms with Gasteiger partial charge in [-0.05, 0) is 37.1 Å². The first-order chi connectivity index (χ1) is 8.44. The molecule has 0 radical (unpaired) electrons. The predicted molar refractivity (Wildman–Crippen MR) is 75.5 cm³/mol. The monoisotopic (exact) mass is 332 g/mol. The normalized spacial score (nSPS) is 21.3. The molecule has 1 aliphatic rings. The molecule has 1 aliphatic heterocycles. The molecule has 1 heterocycles. The molecule has 2 N–H and O–H groups in total. The zero-order chi connectivity index (χ0) is 13.2. The molecule has 1 saturated heterocycles. The molecule has 0 aliphatic carbocycles. The second kappa shape index (κ2) is 5.69. The standard InChI is InChI=1S/C12H17BrN2O2S/c13-11-4-1-3-10(7-11)8-15-6-2-5-12(15)9-18(14,16)17/h1,3-4,7,12H,2,5-6,8-9H2,(H2,14,16,17)/t12-/m0/s1. The third-order valence-corrected chi connectivity index (χ3v) is 4.54. The summed E-state index contributed by atoms with van der Waals surface area (Å²) in [7, 11) is -3.39. The summed E-state index contributed by atoms with van der Waals surface area (Å²) in [5.41, 5.74) is 1.19. The summed E-state index contributed by atoms with van der Waals surface area (Å²) in [5.74, 6) is 0.0566. The van der Waals surface area contributed by atoms with Crippen LogP contribution in [0.5, 0.6) is 0 Å². The number of primary sulfonamides is 1. The van der Waals surface area contributed by atoms with E-state index >= 15 is 0 Å². The van der Waals surface area contributed by atoms with Crippen molar-refractivity contribution in [1.82, 2.24) is 4.90 Å². The van der Waals surface area contributed by atoms with Gasteiger partial charge in [0.1, 0.15) is 0 Å². The molecular formula is C12H17BrN2O2S. The molecule has 2 rings (SSSR count). The van der Waals surface area contributed by atoms with E-state index in [1.54, 1.807) is 0 Å². The highest BCUT2D eigenvalue weighted by Gasteiger charge is 2.27. The van der Waals surface area contributed by atoms with Gasteiger partial charge in [-0.15, -0.1) is 0 Å². The maximum absolute atomic E-state index is 11.2. The fourth-order valence-electron chi connectivity index (χ4n) is 2.43. The minimum absolute atomic E-state index is 0.0546. The Hall–Kier alpha value is -0.430. The highest BCUT2D eigenvalue weighted by atomic mass is 79.9. The molecule has 0 unspecified atom stereocenters. The van der Waals surface area contributed by atoms with Crippen molar-refractivity contribution >= 4 is 26.0 Å². The van der Waals surface area contributed by atoms with Crippen LogP contribution in [0.4, 0.5) is 0 Å². The van der Waals surface area contributed by atoms with Crippen molar-refractivity contribution in [2.45, 2.75) is 25.4 Å². The molecule has 1 atom stereocenters. The third kappa shape index (κ3) is 4.05. The summed E-state index contributed by atoms with van der Waals surface area (Å²) in [6, 6.07) is 8.14. The topological polar surface area (TPSA) is 63.4 Å². The van der Waals surface area contributed by atoms with Crippen LogP contribution in [0, 0.1) is 0 Å². The Bertz CT molecular complexity index is 519. The van der Waals surface area contributed by atoms with Gasteiger partial charge in [0.2, 0.25) is 10.0 Å². The van der Waals surface area contributed by atoms with Crippen LogP contribution in [0.1, 0.15) is 18.4 Å². The van der Waals surface area contributed by atoms with E-state index in [2.05, 4.69) is 33.0 Å². The van der Waals surface area contributed by atoms with Crippen molar-refractivity contribution in [3.8, 4) is 0 Å². The summed E-state index contributed by atoms with van der Waals surface area (Å²) in [6.07, 6.45) is 1.94. The summed E-state index contributed by atoms with van der Waals surface area (Å²) >= 11 is 3.44. The van der Waals surface area contributed by atoms with E-state index in [0.29, 0.717) is 0 Å². The Morgan fingerprint density at radius 3 is 2.89 bits per heavy atom. The van der Waals surface area contributed by atoms with E-state index in [9.17, 15) is 8.42 Å². The second-order valence-electron chi connectivity index (χ2n) is 4.73. The average molecular weight is 333 g/mol. The van der Waals surface area contributed by atoms with E-state index < -0.39 is 10.0 Å². The van der Waals surface area contributed by atoms with Gasteiger partial charge in [-0.1, -0.05) is 28.1 Å². The number of nitrogens with two attached hydrogens (primary N) is 1. The van der Waals surface area contributed by atoms with E-state index in [0.717, 1.165) is 30.4 Å². The first kappa shape index (κ1) is 14.0. The van der Waals surface area contributed by atoms with Gasteiger partial charge in [-0.25, -0.2) is 13.6 Å². The van der Waals surface area contributed by atoms with E-state index in [1.165, 1.54) is 5.56 Å². The van der Waals surface area contributed by atoms with E-state index in [4.69, 9.17) is 5.14 Å². The first-order valence-electron chi connectivity index (χ1n) is 5.93. The second-order valence-corrected chi connectivity index (χ2v) is 7.30. The fraction of sp³-hybridized carbons (Fsp3) is 0.500. The van der Waals surface area contributed by atoms with Crippen LogP contribution in [-0.2, 0) is 16.6 Å². The largest absolute Gasteiger partial charge is 0.295 e. The van der Waals surface area contributed by atoms with Gasteiger partial charge in [0.15, 0.2) is 0 Å². The zero-order valence-electron chi connectivity index (χ0n) is 10.0. The average Bonchev–Trinajstić information content (AvgIpc) is 2.63. The van der Waals surface area contributed by atoms with Gasteiger partial charge >= 0.3 is 0 Å². The molecule has 0 saturated carbocycles. The lowest BCUT2D eigenvalue weighted by Crippen LogP contribution is -2.36. The molecule has 0 aromatic heterocycles. The number of halogens is 1. The number of hydrogen-bond acceptors (Lipinski definition) is 3. The van der Waals surface area contributed by atoms with Gasteiger partial charge in [0.05, 0.1) is 5.75 Å². The molecular weight excluding hydrogens is 316 g/mol. The molecule has 100 valence electrons. The lowest BCUT2D eigenvalue weighted by atomic mass is 10.2. The van der Waals surface area contributed by atoms with Crippen LogP contribution >= 0.6 is 15.9 Å².